The topological polar surface area (TPSA) is 49.3 Å². The van der Waals surface area contributed by atoms with E-state index in [1.54, 1.807) is 6.92 Å². The summed E-state index contributed by atoms with van der Waals surface area (Å²) in [5, 5.41) is 11.6. The molecule has 0 saturated heterocycles. The summed E-state index contributed by atoms with van der Waals surface area (Å²) in [6, 6.07) is 4.60. The van der Waals surface area contributed by atoms with Crippen LogP contribution in [0.2, 0.25) is 0 Å². The summed E-state index contributed by atoms with van der Waals surface area (Å²) >= 11 is 0. The van der Waals surface area contributed by atoms with Gasteiger partial charge in [-0.1, -0.05) is 31.5 Å². The Balaban J connectivity index is 3.09. The Kier molecular flexibility index (Phi) is 4.78. The molecule has 0 radical (unpaired) electrons. The van der Waals surface area contributed by atoms with Gasteiger partial charge in [-0.3, -0.25) is 4.79 Å². The molecule has 0 spiro atoms. The monoisotopic (exact) mass is 257 g/mol. The van der Waals surface area contributed by atoms with Gasteiger partial charge in [-0.2, -0.15) is 0 Å². The van der Waals surface area contributed by atoms with E-state index in [4.69, 9.17) is 5.11 Å². The Morgan fingerprint density at radius 3 is 2.67 bits per heavy atom. The molecule has 0 fully saturated rings. The van der Waals surface area contributed by atoms with Crippen molar-refractivity contribution in [3.63, 3.8) is 0 Å². The number of carboxylic acid groups (broad SMARTS) is 1. The number of hydrogen-bond donors (Lipinski definition) is 2. The number of carboxylic acids is 1. The van der Waals surface area contributed by atoms with Crippen LogP contribution in [-0.4, -0.2) is 18.1 Å². The van der Waals surface area contributed by atoms with Gasteiger partial charge in [0.1, 0.15) is 6.04 Å². The summed E-state index contributed by atoms with van der Waals surface area (Å²) in [5.41, 5.74) is 0.196. The molecule has 3 nitrogen and oxygen atoms in total. The molecule has 0 saturated carbocycles. The average Bonchev–Trinajstić information content (AvgIpc) is 2.30. The number of nitrogens with one attached hydrogen (secondary N) is 1. The van der Waals surface area contributed by atoms with Crippen molar-refractivity contribution >= 4 is 5.97 Å². The van der Waals surface area contributed by atoms with Gasteiger partial charge in [-0.05, 0) is 18.7 Å². The Morgan fingerprint density at radius 1 is 1.50 bits per heavy atom. The minimum atomic E-state index is -2.92. The van der Waals surface area contributed by atoms with E-state index in [9.17, 15) is 13.6 Å². The average molecular weight is 257 g/mol. The molecule has 0 bridgehead atoms. The number of rotatable bonds is 6. The minimum Gasteiger partial charge on any atom is -0.480 e. The van der Waals surface area contributed by atoms with Gasteiger partial charge in [0.2, 0.25) is 0 Å². The summed E-state index contributed by atoms with van der Waals surface area (Å²) in [7, 11) is 1.48. The second kappa shape index (κ2) is 5.91. The van der Waals surface area contributed by atoms with Crippen molar-refractivity contribution in [3.8, 4) is 0 Å². The third kappa shape index (κ3) is 3.26. The van der Waals surface area contributed by atoms with Crippen LogP contribution < -0.4 is 5.32 Å². The van der Waals surface area contributed by atoms with E-state index in [1.165, 1.54) is 31.3 Å². The molecule has 1 aromatic rings. The predicted octanol–water partition coefficient (Wildman–Crippen LogP) is 2.92. The van der Waals surface area contributed by atoms with Crippen molar-refractivity contribution in [3.05, 3.63) is 35.4 Å². The van der Waals surface area contributed by atoms with E-state index >= 15 is 0 Å². The molecule has 1 aromatic carbocycles. The number of hydrogen-bond acceptors (Lipinski definition) is 2. The lowest BCUT2D eigenvalue weighted by molar-refractivity contribution is -0.139. The smallest absolute Gasteiger partial charge is 0.325 e. The van der Waals surface area contributed by atoms with Gasteiger partial charge >= 0.3 is 5.97 Å². The highest BCUT2D eigenvalue weighted by Gasteiger charge is 2.31. The number of carbonyl (C=O) groups is 1. The van der Waals surface area contributed by atoms with Crippen molar-refractivity contribution in [1.29, 1.82) is 0 Å². The van der Waals surface area contributed by atoms with Gasteiger partial charge in [0.15, 0.2) is 0 Å². The van der Waals surface area contributed by atoms with Crippen LogP contribution >= 0.6 is 0 Å². The minimum absolute atomic E-state index is 0.136. The van der Waals surface area contributed by atoms with E-state index < -0.39 is 17.9 Å². The third-order valence-electron chi connectivity index (χ3n) is 2.74. The summed E-state index contributed by atoms with van der Waals surface area (Å²) in [5.74, 6) is -4.00. The zero-order valence-electron chi connectivity index (χ0n) is 10.4. The normalized spacial score (nSPS) is 13.3. The summed E-state index contributed by atoms with van der Waals surface area (Å²) < 4.78 is 27.5. The van der Waals surface area contributed by atoms with Crippen molar-refractivity contribution in [1.82, 2.24) is 5.32 Å². The fraction of sp³-hybridized carbons (Fsp3) is 0.462. The fourth-order valence-corrected chi connectivity index (χ4v) is 1.84. The van der Waals surface area contributed by atoms with Crippen LogP contribution in [0.3, 0.4) is 0 Å². The highest BCUT2D eigenvalue weighted by molar-refractivity contribution is 5.75. The van der Waals surface area contributed by atoms with E-state index in [0.717, 1.165) is 0 Å². The molecule has 0 aliphatic rings. The quantitative estimate of drug-likeness (QED) is 0.823. The molecule has 18 heavy (non-hydrogen) atoms. The third-order valence-corrected chi connectivity index (χ3v) is 2.74. The zero-order chi connectivity index (χ0) is 13.8. The molecular formula is C13H17F2NO2. The number of aliphatic carboxylic acids is 1. The number of alkyl halides is 2. The first kappa shape index (κ1) is 14.6. The van der Waals surface area contributed by atoms with E-state index in [-0.39, 0.29) is 12.0 Å². The largest absolute Gasteiger partial charge is 0.480 e. The number of benzene rings is 1. The number of halogens is 2. The first-order valence-electron chi connectivity index (χ1n) is 5.80. The molecule has 0 amide bonds. The first-order valence-corrected chi connectivity index (χ1v) is 5.80. The molecule has 5 heteroatoms. The highest BCUT2D eigenvalue weighted by Crippen LogP contribution is 2.33. The lowest BCUT2D eigenvalue weighted by atomic mass is 9.98. The van der Waals surface area contributed by atoms with Gasteiger partial charge in [0.25, 0.3) is 5.92 Å². The Bertz CT molecular complexity index is 421. The SMILES string of the molecule is CCCC(F)(F)c1cccc(C(NC)C(=O)O)c1. The Labute approximate surface area is 105 Å². The van der Waals surface area contributed by atoms with Crippen molar-refractivity contribution in [2.24, 2.45) is 0 Å². The van der Waals surface area contributed by atoms with Crippen LogP contribution in [0.1, 0.15) is 36.9 Å². The molecule has 100 valence electrons. The molecule has 1 rings (SSSR count). The standard InChI is InChI=1S/C13H17F2NO2/c1-3-7-13(14,15)10-6-4-5-9(8-10)11(16-2)12(17)18/h4-6,8,11,16H,3,7H2,1-2H3,(H,17,18). The second-order valence-electron chi connectivity index (χ2n) is 4.14. The number of likely N-dealkylation sites (N-methyl/N-ethyl adjacent to an activating group) is 1. The lowest BCUT2D eigenvalue weighted by Crippen LogP contribution is -2.25. The molecular weight excluding hydrogens is 240 g/mol. The van der Waals surface area contributed by atoms with Crippen LogP contribution in [0.5, 0.6) is 0 Å². The zero-order valence-corrected chi connectivity index (χ0v) is 10.4. The van der Waals surface area contributed by atoms with Crippen LogP contribution in [0.25, 0.3) is 0 Å². The first-order chi connectivity index (χ1) is 8.42. The van der Waals surface area contributed by atoms with Gasteiger partial charge in [-0.15, -0.1) is 0 Å². The maximum atomic E-state index is 13.7. The van der Waals surface area contributed by atoms with Crippen LogP contribution in [0.15, 0.2) is 24.3 Å². The van der Waals surface area contributed by atoms with E-state index in [2.05, 4.69) is 5.32 Å². The molecule has 2 N–H and O–H groups in total. The van der Waals surface area contributed by atoms with Crippen molar-refractivity contribution in [2.45, 2.75) is 31.7 Å². The van der Waals surface area contributed by atoms with Gasteiger partial charge in [0, 0.05) is 12.0 Å². The van der Waals surface area contributed by atoms with Gasteiger partial charge in [0.05, 0.1) is 0 Å². The van der Waals surface area contributed by atoms with Crippen molar-refractivity contribution in [2.75, 3.05) is 7.05 Å². The summed E-state index contributed by atoms with van der Waals surface area (Å²) in [6.45, 7) is 1.69. The van der Waals surface area contributed by atoms with Gasteiger partial charge in [-0.25, -0.2) is 8.78 Å². The predicted molar refractivity (Wildman–Crippen MR) is 64.7 cm³/mol. The maximum absolute atomic E-state index is 13.7. The molecule has 1 unspecified atom stereocenters. The summed E-state index contributed by atoms with van der Waals surface area (Å²) in [6.07, 6.45) is 0.124. The van der Waals surface area contributed by atoms with Crippen LogP contribution in [-0.2, 0) is 10.7 Å². The fourth-order valence-electron chi connectivity index (χ4n) is 1.84. The molecule has 1 atom stereocenters. The molecule has 0 heterocycles. The van der Waals surface area contributed by atoms with Crippen LogP contribution in [0, 0.1) is 0 Å². The highest BCUT2D eigenvalue weighted by atomic mass is 19.3. The molecule has 0 aliphatic heterocycles. The van der Waals surface area contributed by atoms with Crippen molar-refractivity contribution < 1.29 is 18.7 Å². The molecule has 0 aliphatic carbocycles. The molecule has 0 aromatic heterocycles. The van der Waals surface area contributed by atoms with E-state index in [1.807, 2.05) is 0 Å². The van der Waals surface area contributed by atoms with Crippen LogP contribution in [0.4, 0.5) is 8.78 Å². The Morgan fingerprint density at radius 2 is 2.17 bits per heavy atom. The Hall–Kier alpha value is -1.49. The second-order valence-corrected chi connectivity index (χ2v) is 4.14. The summed E-state index contributed by atoms with van der Waals surface area (Å²) in [4.78, 5) is 11.0. The maximum Gasteiger partial charge on any atom is 0.325 e. The van der Waals surface area contributed by atoms with E-state index in [0.29, 0.717) is 12.0 Å². The lowest BCUT2D eigenvalue weighted by Gasteiger charge is -2.18. The van der Waals surface area contributed by atoms with Gasteiger partial charge < -0.3 is 10.4 Å².